The lowest BCUT2D eigenvalue weighted by atomic mass is 9.90. The van der Waals surface area contributed by atoms with Crippen LogP contribution in [0.4, 0.5) is 0 Å². The van der Waals surface area contributed by atoms with E-state index < -0.39 is 0 Å². The molecule has 0 saturated carbocycles. The molecule has 1 unspecified atom stereocenters. The molecule has 0 amide bonds. The van der Waals surface area contributed by atoms with E-state index in [-0.39, 0.29) is 0 Å². The lowest BCUT2D eigenvalue weighted by Gasteiger charge is -2.27. The van der Waals surface area contributed by atoms with E-state index in [4.69, 9.17) is 0 Å². The van der Waals surface area contributed by atoms with Crippen LogP contribution in [0.15, 0.2) is 48.5 Å². The first-order valence-electron chi connectivity index (χ1n) is 5.72. The molecule has 2 aromatic carbocycles. The third kappa shape index (κ3) is 1.63. The Morgan fingerprint density at radius 3 is 2.75 bits per heavy atom. The van der Waals surface area contributed by atoms with Gasteiger partial charge in [-0.2, -0.15) is 0 Å². The van der Waals surface area contributed by atoms with Gasteiger partial charge < -0.3 is 5.32 Å². The average Bonchev–Trinajstić information content (AvgIpc) is 2.39. The van der Waals surface area contributed by atoms with Crippen molar-refractivity contribution in [2.75, 3.05) is 6.54 Å². The van der Waals surface area contributed by atoms with E-state index in [2.05, 4.69) is 47.8 Å². The van der Waals surface area contributed by atoms with Crippen molar-refractivity contribution in [3.63, 3.8) is 0 Å². The molecular weight excluding hydrogens is 194 g/mol. The average molecular weight is 208 g/mol. The summed E-state index contributed by atoms with van der Waals surface area (Å²) in [6, 6.07) is 20.4. The van der Waals surface area contributed by atoms with Gasteiger partial charge in [-0.25, -0.2) is 0 Å². The van der Waals surface area contributed by atoms with Crippen LogP contribution in [0.2, 0.25) is 0 Å². The van der Waals surface area contributed by atoms with Crippen molar-refractivity contribution in [2.45, 2.75) is 12.5 Å². The Labute approximate surface area is 96.1 Å². The molecule has 1 aliphatic rings. The molecule has 0 aromatic heterocycles. The van der Waals surface area contributed by atoms with Crippen LogP contribution in [0.3, 0.4) is 0 Å². The molecule has 16 heavy (non-hydrogen) atoms. The van der Waals surface area contributed by atoms with E-state index >= 15 is 0 Å². The van der Waals surface area contributed by atoms with E-state index in [1.165, 1.54) is 16.7 Å². The van der Waals surface area contributed by atoms with Crippen LogP contribution in [-0.4, -0.2) is 6.54 Å². The maximum Gasteiger partial charge on any atom is 0.0579 e. The zero-order valence-electron chi connectivity index (χ0n) is 9.11. The van der Waals surface area contributed by atoms with Gasteiger partial charge in [0.2, 0.25) is 0 Å². The number of hydrogen-bond acceptors (Lipinski definition) is 1. The largest absolute Gasteiger partial charge is 0.306 e. The molecule has 0 fully saturated rings. The molecule has 1 heteroatoms. The normalized spacial score (nSPS) is 19.1. The van der Waals surface area contributed by atoms with Gasteiger partial charge in [0, 0.05) is 6.54 Å². The fourth-order valence-electron chi connectivity index (χ4n) is 2.39. The predicted molar refractivity (Wildman–Crippen MR) is 65.3 cm³/mol. The van der Waals surface area contributed by atoms with Crippen molar-refractivity contribution in [2.24, 2.45) is 0 Å². The molecule has 0 saturated heterocycles. The zero-order valence-corrected chi connectivity index (χ0v) is 9.11. The van der Waals surface area contributed by atoms with Crippen LogP contribution < -0.4 is 5.32 Å². The topological polar surface area (TPSA) is 12.0 Å². The van der Waals surface area contributed by atoms with Gasteiger partial charge in [-0.05, 0) is 29.2 Å². The molecular formula is C15H14N. The predicted octanol–water partition coefficient (Wildman–Crippen LogP) is 2.72. The molecule has 1 nitrogen and oxygen atoms in total. The Morgan fingerprint density at radius 1 is 1.06 bits per heavy atom. The quantitative estimate of drug-likeness (QED) is 0.759. The van der Waals surface area contributed by atoms with Crippen LogP contribution in [0.5, 0.6) is 0 Å². The molecule has 0 aliphatic carbocycles. The minimum atomic E-state index is 0.347. The van der Waals surface area contributed by atoms with E-state index in [1.54, 1.807) is 0 Å². The smallest absolute Gasteiger partial charge is 0.0579 e. The maximum atomic E-state index is 3.58. The first-order valence-corrected chi connectivity index (χ1v) is 5.72. The molecule has 79 valence electrons. The highest BCUT2D eigenvalue weighted by atomic mass is 14.9. The van der Waals surface area contributed by atoms with Gasteiger partial charge in [-0.1, -0.05) is 48.5 Å². The van der Waals surface area contributed by atoms with Crippen molar-refractivity contribution < 1.29 is 0 Å². The minimum Gasteiger partial charge on any atom is -0.306 e. The Balaban J connectivity index is 2.05. The van der Waals surface area contributed by atoms with E-state index in [0.717, 1.165) is 13.0 Å². The van der Waals surface area contributed by atoms with Gasteiger partial charge in [-0.15, -0.1) is 0 Å². The molecule has 1 atom stereocenters. The number of benzene rings is 2. The minimum absolute atomic E-state index is 0.347. The SMILES string of the molecule is [c]1ccc(C2NCCc3ccccc32)cc1. The Kier molecular flexibility index (Phi) is 2.47. The van der Waals surface area contributed by atoms with Gasteiger partial charge >= 0.3 is 0 Å². The van der Waals surface area contributed by atoms with Gasteiger partial charge in [0.15, 0.2) is 0 Å². The van der Waals surface area contributed by atoms with E-state index in [1.807, 2.05) is 12.1 Å². The van der Waals surface area contributed by atoms with Crippen molar-refractivity contribution in [1.29, 1.82) is 0 Å². The molecule has 0 bridgehead atoms. The third-order valence-electron chi connectivity index (χ3n) is 3.19. The maximum absolute atomic E-state index is 3.58. The standard InChI is InChI=1S/C15H14N/c1-2-7-13(8-3-1)15-14-9-5-4-6-12(14)10-11-16-15/h2-9,15-16H,10-11H2. The molecule has 1 heterocycles. The van der Waals surface area contributed by atoms with E-state index in [9.17, 15) is 0 Å². The lowest BCUT2D eigenvalue weighted by molar-refractivity contribution is 0.568. The second-order valence-corrected chi connectivity index (χ2v) is 4.17. The van der Waals surface area contributed by atoms with Gasteiger partial charge in [-0.3, -0.25) is 0 Å². The number of fused-ring (bicyclic) bond motifs is 1. The van der Waals surface area contributed by atoms with Crippen molar-refractivity contribution in [3.05, 3.63) is 71.3 Å². The first kappa shape index (κ1) is 9.61. The molecule has 0 spiro atoms. The van der Waals surface area contributed by atoms with Crippen molar-refractivity contribution in [1.82, 2.24) is 5.32 Å². The lowest BCUT2D eigenvalue weighted by Crippen LogP contribution is -2.30. The summed E-state index contributed by atoms with van der Waals surface area (Å²) >= 11 is 0. The van der Waals surface area contributed by atoms with Crippen LogP contribution >= 0.6 is 0 Å². The summed E-state index contributed by atoms with van der Waals surface area (Å²) in [6.07, 6.45) is 1.13. The molecule has 2 aromatic rings. The first-order chi connectivity index (χ1) is 7.95. The fourth-order valence-corrected chi connectivity index (χ4v) is 2.39. The highest BCUT2D eigenvalue weighted by Gasteiger charge is 2.19. The molecule has 1 N–H and O–H groups in total. The van der Waals surface area contributed by atoms with Crippen LogP contribution in [-0.2, 0) is 6.42 Å². The fraction of sp³-hybridized carbons (Fsp3) is 0.200. The summed E-state index contributed by atoms with van der Waals surface area (Å²) in [6.45, 7) is 1.06. The second-order valence-electron chi connectivity index (χ2n) is 4.17. The summed E-state index contributed by atoms with van der Waals surface area (Å²) in [4.78, 5) is 0. The van der Waals surface area contributed by atoms with Gasteiger partial charge in [0.1, 0.15) is 0 Å². The summed E-state index contributed by atoms with van der Waals surface area (Å²) in [5.41, 5.74) is 4.21. The van der Waals surface area contributed by atoms with E-state index in [0.29, 0.717) is 6.04 Å². The highest BCUT2D eigenvalue weighted by Crippen LogP contribution is 2.27. The summed E-state index contributed by atoms with van der Waals surface area (Å²) in [7, 11) is 0. The summed E-state index contributed by atoms with van der Waals surface area (Å²) < 4.78 is 0. The second kappa shape index (κ2) is 4.11. The number of hydrogen-bond donors (Lipinski definition) is 1. The number of rotatable bonds is 1. The van der Waals surface area contributed by atoms with Crippen LogP contribution in [0, 0.1) is 6.07 Å². The Hall–Kier alpha value is -1.60. The Bertz CT molecular complexity index is 476. The summed E-state index contributed by atoms with van der Waals surface area (Å²) in [5.74, 6) is 0. The third-order valence-corrected chi connectivity index (χ3v) is 3.19. The number of nitrogens with one attached hydrogen (secondary N) is 1. The zero-order chi connectivity index (χ0) is 10.8. The van der Waals surface area contributed by atoms with Crippen molar-refractivity contribution in [3.8, 4) is 0 Å². The van der Waals surface area contributed by atoms with Crippen LogP contribution in [0.1, 0.15) is 22.7 Å². The molecule has 1 aliphatic heterocycles. The van der Waals surface area contributed by atoms with Gasteiger partial charge in [0.25, 0.3) is 0 Å². The van der Waals surface area contributed by atoms with Crippen LogP contribution in [0.25, 0.3) is 0 Å². The summed E-state index contributed by atoms with van der Waals surface area (Å²) in [5, 5.41) is 3.58. The van der Waals surface area contributed by atoms with Crippen molar-refractivity contribution >= 4 is 0 Å². The van der Waals surface area contributed by atoms with Gasteiger partial charge in [0.05, 0.1) is 6.04 Å². The molecule has 3 rings (SSSR count). The highest BCUT2D eigenvalue weighted by molar-refractivity contribution is 5.39. The monoisotopic (exact) mass is 208 g/mol. The Morgan fingerprint density at radius 2 is 1.88 bits per heavy atom. The molecule has 1 radical (unpaired) electrons.